The minimum atomic E-state index is -0.426. The van der Waals surface area contributed by atoms with Crippen LogP contribution in [0.4, 0.5) is 0 Å². The summed E-state index contributed by atoms with van der Waals surface area (Å²) in [7, 11) is 1.39. The highest BCUT2D eigenvalue weighted by Gasteiger charge is 2.27. The van der Waals surface area contributed by atoms with Gasteiger partial charge in [-0.05, 0) is 31.8 Å². The maximum atomic E-state index is 12.0. The first-order valence-electron chi connectivity index (χ1n) is 9.38. The van der Waals surface area contributed by atoms with Crippen LogP contribution in [0.15, 0.2) is 36.5 Å². The molecule has 0 aliphatic heterocycles. The van der Waals surface area contributed by atoms with Gasteiger partial charge in [-0.3, -0.25) is 9.59 Å². The number of esters is 1. The van der Waals surface area contributed by atoms with Crippen LogP contribution in [0.5, 0.6) is 0 Å². The summed E-state index contributed by atoms with van der Waals surface area (Å²) in [4.78, 5) is 23.0. The SMILES string of the molecule is CCCCCC(O)C=CC1C=CC(=O)C1CC=CCCCC(=O)OC. The van der Waals surface area contributed by atoms with Crippen LogP contribution in [-0.4, -0.2) is 30.1 Å². The van der Waals surface area contributed by atoms with E-state index in [4.69, 9.17) is 0 Å². The maximum Gasteiger partial charge on any atom is 0.305 e. The van der Waals surface area contributed by atoms with Crippen molar-refractivity contribution in [3.63, 3.8) is 0 Å². The Morgan fingerprint density at radius 2 is 2.12 bits per heavy atom. The molecule has 140 valence electrons. The Hall–Kier alpha value is -1.68. The number of aliphatic hydroxyl groups excluding tert-OH is 1. The van der Waals surface area contributed by atoms with Crippen LogP contribution in [0.2, 0.25) is 0 Å². The molecule has 0 saturated heterocycles. The van der Waals surface area contributed by atoms with Gasteiger partial charge in [-0.1, -0.05) is 56.6 Å². The molecule has 0 heterocycles. The normalized spacial score (nSPS) is 21.5. The summed E-state index contributed by atoms with van der Waals surface area (Å²) in [5.74, 6) is -0.0513. The van der Waals surface area contributed by atoms with Crippen molar-refractivity contribution in [2.24, 2.45) is 11.8 Å². The van der Waals surface area contributed by atoms with E-state index in [0.29, 0.717) is 12.8 Å². The monoisotopic (exact) mass is 348 g/mol. The first-order chi connectivity index (χ1) is 12.1. The summed E-state index contributed by atoms with van der Waals surface area (Å²) >= 11 is 0. The second kappa shape index (κ2) is 12.6. The molecular weight excluding hydrogens is 316 g/mol. The van der Waals surface area contributed by atoms with Crippen molar-refractivity contribution in [2.75, 3.05) is 7.11 Å². The van der Waals surface area contributed by atoms with E-state index >= 15 is 0 Å². The van der Waals surface area contributed by atoms with Gasteiger partial charge in [0.2, 0.25) is 0 Å². The molecule has 4 nitrogen and oxygen atoms in total. The zero-order valence-corrected chi connectivity index (χ0v) is 15.5. The molecule has 1 N–H and O–H groups in total. The Labute approximate surface area is 151 Å². The molecule has 0 saturated carbocycles. The fraction of sp³-hybridized carbons (Fsp3) is 0.619. The second-order valence-electron chi connectivity index (χ2n) is 6.57. The molecule has 0 aromatic carbocycles. The van der Waals surface area contributed by atoms with E-state index in [0.717, 1.165) is 38.5 Å². The lowest BCUT2D eigenvalue weighted by atomic mass is 9.90. The highest BCUT2D eigenvalue weighted by Crippen LogP contribution is 2.27. The average molecular weight is 348 g/mol. The molecule has 0 aromatic rings. The Kier molecular flexibility index (Phi) is 10.8. The lowest BCUT2D eigenvalue weighted by Crippen LogP contribution is -2.14. The van der Waals surface area contributed by atoms with Crippen molar-refractivity contribution >= 4 is 11.8 Å². The fourth-order valence-corrected chi connectivity index (χ4v) is 2.91. The van der Waals surface area contributed by atoms with Gasteiger partial charge in [-0.25, -0.2) is 0 Å². The minimum Gasteiger partial charge on any atom is -0.469 e. The number of hydrogen-bond donors (Lipinski definition) is 1. The first kappa shape index (κ1) is 21.4. The molecule has 1 rings (SSSR count). The molecule has 0 fully saturated rings. The molecule has 0 radical (unpaired) electrons. The molecule has 0 aromatic heterocycles. The molecule has 1 aliphatic carbocycles. The van der Waals surface area contributed by atoms with Crippen LogP contribution >= 0.6 is 0 Å². The largest absolute Gasteiger partial charge is 0.469 e. The minimum absolute atomic E-state index is 0.0630. The van der Waals surface area contributed by atoms with E-state index in [1.807, 2.05) is 30.4 Å². The Bertz CT molecular complexity index is 490. The molecule has 0 spiro atoms. The molecule has 3 atom stereocenters. The van der Waals surface area contributed by atoms with Crippen molar-refractivity contribution < 1.29 is 19.4 Å². The zero-order valence-electron chi connectivity index (χ0n) is 15.5. The average Bonchev–Trinajstić information content (AvgIpc) is 2.96. The van der Waals surface area contributed by atoms with Crippen molar-refractivity contribution in [1.29, 1.82) is 0 Å². The summed E-state index contributed by atoms with van der Waals surface area (Å²) in [5, 5.41) is 9.98. The van der Waals surface area contributed by atoms with Gasteiger partial charge in [-0.15, -0.1) is 0 Å². The number of rotatable bonds is 12. The van der Waals surface area contributed by atoms with Crippen LogP contribution in [0, 0.1) is 11.8 Å². The fourth-order valence-electron chi connectivity index (χ4n) is 2.91. The summed E-state index contributed by atoms with van der Waals surface area (Å²) < 4.78 is 4.60. The molecule has 3 unspecified atom stereocenters. The number of aliphatic hydroxyl groups is 1. The van der Waals surface area contributed by atoms with Gasteiger partial charge in [0.05, 0.1) is 13.2 Å². The van der Waals surface area contributed by atoms with Crippen molar-refractivity contribution in [2.45, 2.75) is 64.4 Å². The van der Waals surface area contributed by atoms with E-state index in [-0.39, 0.29) is 23.6 Å². The van der Waals surface area contributed by atoms with Gasteiger partial charge in [-0.2, -0.15) is 0 Å². The molecule has 1 aliphatic rings. The lowest BCUT2D eigenvalue weighted by molar-refractivity contribution is -0.140. The molecule has 25 heavy (non-hydrogen) atoms. The molecule has 4 heteroatoms. The Morgan fingerprint density at radius 1 is 1.32 bits per heavy atom. The quantitative estimate of drug-likeness (QED) is 0.327. The predicted octanol–water partition coefficient (Wildman–Crippen LogP) is 4.14. The van der Waals surface area contributed by atoms with Gasteiger partial charge in [0.1, 0.15) is 0 Å². The van der Waals surface area contributed by atoms with Gasteiger partial charge in [0.25, 0.3) is 0 Å². The number of ether oxygens (including phenoxy) is 1. The van der Waals surface area contributed by atoms with E-state index in [9.17, 15) is 14.7 Å². The number of carbonyl (C=O) groups excluding carboxylic acids is 2. The lowest BCUT2D eigenvalue weighted by Gasteiger charge is -2.13. The number of unbranched alkanes of at least 4 members (excludes halogenated alkanes) is 3. The van der Waals surface area contributed by atoms with Crippen molar-refractivity contribution in [1.82, 2.24) is 0 Å². The first-order valence-corrected chi connectivity index (χ1v) is 9.38. The summed E-state index contributed by atoms with van der Waals surface area (Å²) in [6, 6.07) is 0. The number of carbonyl (C=O) groups is 2. The zero-order chi connectivity index (χ0) is 18.5. The topological polar surface area (TPSA) is 63.6 Å². The third-order valence-electron chi connectivity index (χ3n) is 4.51. The number of hydrogen-bond acceptors (Lipinski definition) is 4. The molecule has 0 amide bonds. The number of allylic oxidation sites excluding steroid dienone is 5. The summed E-state index contributed by atoms with van der Waals surface area (Å²) in [5.41, 5.74) is 0. The molecular formula is C21H32O4. The maximum absolute atomic E-state index is 12.0. The Balaban J connectivity index is 2.36. The van der Waals surface area contributed by atoms with E-state index < -0.39 is 6.10 Å². The number of ketones is 1. The number of methoxy groups -OCH3 is 1. The van der Waals surface area contributed by atoms with Gasteiger partial charge < -0.3 is 9.84 Å². The van der Waals surface area contributed by atoms with Crippen molar-refractivity contribution in [3.8, 4) is 0 Å². The highest BCUT2D eigenvalue weighted by molar-refractivity contribution is 5.95. The smallest absolute Gasteiger partial charge is 0.305 e. The van der Waals surface area contributed by atoms with E-state index in [1.165, 1.54) is 7.11 Å². The summed E-state index contributed by atoms with van der Waals surface area (Å²) in [6.45, 7) is 2.14. The second-order valence-corrected chi connectivity index (χ2v) is 6.57. The van der Waals surface area contributed by atoms with Crippen LogP contribution in [0.1, 0.15) is 58.3 Å². The predicted molar refractivity (Wildman–Crippen MR) is 100 cm³/mol. The third kappa shape index (κ3) is 8.82. The van der Waals surface area contributed by atoms with Crippen LogP contribution < -0.4 is 0 Å². The van der Waals surface area contributed by atoms with Crippen LogP contribution in [0.25, 0.3) is 0 Å². The van der Waals surface area contributed by atoms with Crippen LogP contribution in [-0.2, 0) is 14.3 Å². The third-order valence-corrected chi connectivity index (χ3v) is 4.51. The van der Waals surface area contributed by atoms with E-state index in [2.05, 4.69) is 11.7 Å². The summed E-state index contributed by atoms with van der Waals surface area (Å²) in [6.07, 6.45) is 17.7. The van der Waals surface area contributed by atoms with Gasteiger partial charge in [0.15, 0.2) is 5.78 Å². The van der Waals surface area contributed by atoms with E-state index in [1.54, 1.807) is 6.08 Å². The van der Waals surface area contributed by atoms with Gasteiger partial charge in [0, 0.05) is 18.3 Å². The highest BCUT2D eigenvalue weighted by atomic mass is 16.5. The molecule has 0 bridgehead atoms. The Morgan fingerprint density at radius 3 is 2.84 bits per heavy atom. The van der Waals surface area contributed by atoms with Crippen molar-refractivity contribution in [3.05, 3.63) is 36.5 Å². The van der Waals surface area contributed by atoms with Crippen LogP contribution in [0.3, 0.4) is 0 Å². The van der Waals surface area contributed by atoms with Gasteiger partial charge >= 0.3 is 5.97 Å². The standard InChI is InChI=1S/C21H32O4/c1-3-4-7-10-18(22)15-13-17-14-16-20(23)19(17)11-8-5-6-9-12-21(24)25-2/h5,8,13-19,22H,3-4,6-7,9-12H2,1-2H3.